The van der Waals surface area contributed by atoms with Crippen LogP contribution >= 0.6 is 0 Å². The van der Waals surface area contributed by atoms with Crippen LogP contribution in [-0.2, 0) is 14.6 Å². The zero-order valence-electron chi connectivity index (χ0n) is 18.5. The third-order valence-corrected chi connectivity index (χ3v) is 7.39. The van der Waals surface area contributed by atoms with Gasteiger partial charge in [-0.1, -0.05) is 55.4 Å². The molecule has 160 valence electrons. The van der Waals surface area contributed by atoms with Gasteiger partial charge in [0, 0.05) is 19.2 Å². The lowest BCUT2D eigenvalue weighted by molar-refractivity contribution is -0.125. The molecule has 0 spiro atoms. The predicted octanol–water partition coefficient (Wildman–Crippen LogP) is 4.78. The minimum Gasteiger partial charge on any atom is -0.337 e. The molecule has 1 aliphatic carbocycles. The molecule has 1 amide bonds. The van der Waals surface area contributed by atoms with E-state index in [9.17, 15) is 13.2 Å². The lowest BCUT2D eigenvalue weighted by Gasteiger charge is -2.32. The SMILES string of the molecule is CC1=C(/C=C/C(C)=C/C=C/C(C)=C/C(=O)N2CCS(=O)(=O)CC2)C(C)(C)CCC1. The van der Waals surface area contributed by atoms with Gasteiger partial charge in [-0.05, 0) is 56.6 Å². The first-order valence-corrected chi connectivity index (χ1v) is 12.2. The largest absolute Gasteiger partial charge is 0.337 e. The number of nitrogens with zero attached hydrogens (tertiary/aromatic N) is 1. The van der Waals surface area contributed by atoms with Gasteiger partial charge in [-0.25, -0.2) is 8.42 Å². The molecule has 1 saturated heterocycles. The Labute approximate surface area is 176 Å². The van der Waals surface area contributed by atoms with E-state index in [-0.39, 0.29) is 35.9 Å². The molecular weight excluding hydrogens is 382 g/mol. The normalized spacial score (nSPS) is 23.3. The van der Waals surface area contributed by atoms with Crippen molar-refractivity contribution in [1.82, 2.24) is 4.90 Å². The molecular formula is C24H35NO3S. The van der Waals surface area contributed by atoms with Crippen molar-refractivity contribution in [2.24, 2.45) is 5.41 Å². The second-order valence-electron chi connectivity index (χ2n) is 8.90. The molecule has 1 fully saturated rings. The van der Waals surface area contributed by atoms with E-state index in [1.165, 1.54) is 30.4 Å². The van der Waals surface area contributed by atoms with Gasteiger partial charge in [-0.3, -0.25) is 4.79 Å². The summed E-state index contributed by atoms with van der Waals surface area (Å²) in [7, 11) is -2.97. The summed E-state index contributed by atoms with van der Waals surface area (Å²) in [5.74, 6) is -0.00478. The minimum absolute atomic E-state index is 0.0580. The molecule has 0 aromatic carbocycles. The van der Waals surface area contributed by atoms with E-state index in [0.717, 1.165) is 11.1 Å². The van der Waals surface area contributed by atoms with Crippen molar-refractivity contribution in [2.75, 3.05) is 24.6 Å². The number of carbonyl (C=O) groups excluding carboxylic acids is 1. The summed E-state index contributed by atoms with van der Waals surface area (Å²) in [6, 6.07) is 0. The highest BCUT2D eigenvalue weighted by molar-refractivity contribution is 7.91. The molecule has 0 unspecified atom stereocenters. The van der Waals surface area contributed by atoms with Gasteiger partial charge in [0.1, 0.15) is 0 Å². The molecule has 0 aromatic rings. The van der Waals surface area contributed by atoms with Gasteiger partial charge < -0.3 is 4.90 Å². The maximum absolute atomic E-state index is 12.3. The quantitative estimate of drug-likeness (QED) is 0.478. The van der Waals surface area contributed by atoms with Crippen molar-refractivity contribution in [2.45, 2.75) is 53.9 Å². The lowest BCUT2D eigenvalue weighted by atomic mass is 9.72. The topological polar surface area (TPSA) is 54.5 Å². The third kappa shape index (κ3) is 7.14. The number of hydrogen-bond acceptors (Lipinski definition) is 3. The number of sulfone groups is 1. The standard InChI is InChI=1S/C24H35NO3S/c1-19(11-12-22-21(3)10-7-13-24(22,4)5)8-6-9-20(2)18-23(26)25-14-16-29(27,28)17-15-25/h6,8-9,11-12,18H,7,10,13-17H2,1-5H3/b9-6+,12-11+,19-8+,20-18+. The summed E-state index contributed by atoms with van der Waals surface area (Å²) in [4.78, 5) is 13.9. The van der Waals surface area contributed by atoms with Gasteiger partial charge in [0.25, 0.3) is 0 Å². The molecule has 0 radical (unpaired) electrons. The number of hydrogen-bond donors (Lipinski definition) is 0. The van der Waals surface area contributed by atoms with Crippen molar-refractivity contribution >= 4 is 15.7 Å². The first-order chi connectivity index (χ1) is 13.5. The van der Waals surface area contributed by atoms with Crippen LogP contribution in [0, 0.1) is 5.41 Å². The Morgan fingerprint density at radius 1 is 1.07 bits per heavy atom. The van der Waals surface area contributed by atoms with Crippen molar-refractivity contribution in [3.8, 4) is 0 Å². The molecule has 0 saturated carbocycles. The second-order valence-corrected chi connectivity index (χ2v) is 11.2. The molecule has 2 rings (SSSR count). The highest BCUT2D eigenvalue weighted by atomic mass is 32.2. The fourth-order valence-electron chi connectivity index (χ4n) is 3.90. The van der Waals surface area contributed by atoms with Crippen molar-refractivity contribution in [3.05, 3.63) is 58.7 Å². The first kappa shape index (κ1) is 23.4. The van der Waals surface area contributed by atoms with Gasteiger partial charge in [-0.15, -0.1) is 0 Å². The van der Waals surface area contributed by atoms with E-state index in [4.69, 9.17) is 0 Å². The summed E-state index contributed by atoms with van der Waals surface area (Å²) in [6.45, 7) is 11.4. The summed E-state index contributed by atoms with van der Waals surface area (Å²) in [6.07, 6.45) is 15.6. The highest BCUT2D eigenvalue weighted by Crippen LogP contribution is 2.40. The van der Waals surface area contributed by atoms with Gasteiger partial charge >= 0.3 is 0 Å². The Kier molecular flexibility index (Phi) is 7.87. The van der Waals surface area contributed by atoms with E-state index < -0.39 is 9.84 Å². The molecule has 1 aliphatic heterocycles. The van der Waals surface area contributed by atoms with Gasteiger partial charge in [-0.2, -0.15) is 0 Å². The van der Waals surface area contributed by atoms with E-state index in [2.05, 4.69) is 39.8 Å². The maximum atomic E-state index is 12.3. The van der Waals surface area contributed by atoms with Gasteiger partial charge in [0.2, 0.25) is 5.91 Å². The molecule has 5 heteroatoms. The average Bonchev–Trinajstić information content (AvgIpc) is 2.60. The Hall–Kier alpha value is -1.88. The van der Waals surface area contributed by atoms with E-state index in [0.29, 0.717) is 0 Å². The Morgan fingerprint density at radius 2 is 1.72 bits per heavy atom. The number of allylic oxidation sites excluding steroid dienone is 9. The molecule has 4 nitrogen and oxygen atoms in total. The highest BCUT2D eigenvalue weighted by Gasteiger charge is 2.26. The Morgan fingerprint density at radius 3 is 2.34 bits per heavy atom. The average molecular weight is 418 g/mol. The van der Waals surface area contributed by atoms with Crippen molar-refractivity contribution in [1.29, 1.82) is 0 Å². The number of rotatable bonds is 5. The molecule has 0 aromatic heterocycles. The number of amides is 1. The van der Waals surface area contributed by atoms with Crippen LogP contribution in [-0.4, -0.2) is 43.8 Å². The van der Waals surface area contributed by atoms with Crippen LogP contribution in [0.15, 0.2) is 58.7 Å². The molecule has 29 heavy (non-hydrogen) atoms. The Balaban J connectivity index is 1.95. The summed E-state index contributed by atoms with van der Waals surface area (Å²) >= 11 is 0. The Bertz CT molecular complexity index is 869. The smallest absolute Gasteiger partial charge is 0.246 e. The monoisotopic (exact) mass is 417 g/mol. The molecule has 0 bridgehead atoms. The van der Waals surface area contributed by atoms with Crippen molar-refractivity contribution in [3.63, 3.8) is 0 Å². The lowest BCUT2D eigenvalue weighted by Crippen LogP contribution is -2.43. The van der Waals surface area contributed by atoms with E-state index in [1.807, 2.05) is 25.2 Å². The maximum Gasteiger partial charge on any atom is 0.246 e. The third-order valence-electron chi connectivity index (χ3n) is 5.78. The summed E-state index contributed by atoms with van der Waals surface area (Å²) < 4.78 is 22.9. The van der Waals surface area contributed by atoms with E-state index in [1.54, 1.807) is 11.0 Å². The zero-order valence-corrected chi connectivity index (χ0v) is 19.3. The zero-order chi connectivity index (χ0) is 21.7. The van der Waals surface area contributed by atoms with Crippen LogP contribution in [0.4, 0.5) is 0 Å². The van der Waals surface area contributed by atoms with Crippen LogP contribution in [0.3, 0.4) is 0 Å². The molecule has 2 aliphatic rings. The molecule has 0 atom stereocenters. The minimum atomic E-state index is -2.97. The fourth-order valence-corrected chi connectivity index (χ4v) is 5.10. The van der Waals surface area contributed by atoms with Crippen LogP contribution in [0.25, 0.3) is 0 Å². The fraction of sp³-hybridized carbons (Fsp3) is 0.542. The van der Waals surface area contributed by atoms with Crippen molar-refractivity contribution < 1.29 is 13.2 Å². The summed E-state index contributed by atoms with van der Waals surface area (Å²) in [5.41, 5.74) is 5.18. The van der Waals surface area contributed by atoms with Gasteiger partial charge in [0.05, 0.1) is 11.5 Å². The summed E-state index contributed by atoms with van der Waals surface area (Å²) in [5, 5.41) is 0. The van der Waals surface area contributed by atoms with Crippen LogP contribution in [0.5, 0.6) is 0 Å². The molecule has 0 N–H and O–H groups in total. The van der Waals surface area contributed by atoms with E-state index >= 15 is 0 Å². The first-order valence-electron chi connectivity index (χ1n) is 10.4. The number of carbonyl (C=O) groups is 1. The molecule has 1 heterocycles. The van der Waals surface area contributed by atoms with Crippen LogP contribution in [0.1, 0.15) is 53.9 Å². The van der Waals surface area contributed by atoms with Crippen LogP contribution in [0.2, 0.25) is 0 Å². The second kappa shape index (κ2) is 9.75. The van der Waals surface area contributed by atoms with Crippen LogP contribution < -0.4 is 0 Å². The van der Waals surface area contributed by atoms with Gasteiger partial charge in [0.15, 0.2) is 9.84 Å². The predicted molar refractivity (Wildman–Crippen MR) is 121 cm³/mol.